The second-order valence-corrected chi connectivity index (χ2v) is 8.72. The number of aromatic nitrogens is 1. The number of fused-ring (bicyclic) bond motifs is 1. The summed E-state index contributed by atoms with van der Waals surface area (Å²) in [5, 5.41) is 1.32. The van der Waals surface area contributed by atoms with Crippen LogP contribution < -0.4 is 10.7 Å². The Kier molecular flexibility index (Phi) is 6.42. The number of halogens is 6. The first-order valence-corrected chi connectivity index (χ1v) is 11.2. The minimum absolute atomic E-state index is 0.0185. The van der Waals surface area contributed by atoms with Crippen LogP contribution in [0, 0.1) is 5.92 Å². The van der Waals surface area contributed by atoms with Gasteiger partial charge in [-0.25, -0.2) is 0 Å². The lowest BCUT2D eigenvalue weighted by Crippen LogP contribution is -2.25. The normalized spacial score (nSPS) is 18.7. The van der Waals surface area contributed by atoms with Crippen molar-refractivity contribution in [3.8, 4) is 0 Å². The fraction of sp³-hybridized carbons (Fsp3) is 0.360. The molecule has 4 nitrogen and oxygen atoms in total. The van der Waals surface area contributed by atoms with Gasteiger partial charge in [0.1, 0.15) is 5.56 Å². The number of H-pyrrole nitrogens is 1. The lowest BCUT2D eigenvalue weighted by Gasteiger charge is -2.21. The van der Waals surface area contributed by atoms with Crippen molar-refractivity contribution in [2.24, 2.45) is 5.92 Å². The molecule has 2 atom stereocenters. The van der Waals surface area contributed by atoms with Gasteiger partial charge in [0.05, 0.1) is 22.2 Å². The van der Waals surface area contributed by atoms with Gasteiger partial charge in [0.15, 0.2) is 0 Å². The number of nitrogens with one attached hydrogen (secondary N) is 2. The number of anilines is 1. The quantitative estimate of drug-likeness (QED) is 0.378. The molecule has 1 aliphatic carbocycles. The summed E-state index contributed by atoms with van der Waals surface area (Å²) in [5.74, 6) is -0.985. The first kappa shape index (κ1) is 24.8. The molecule has 3 aromatic rings. The Morgan fingerprint density at radius 2 is 1.74 bits per heavy atom. The molecule has 0 spiro atoms. The smallest absolute Gasteiger partial charge is 0.360 e. The SMILES string of the molecule is CCC1CCCC1c1ccc(NC(=O)c2c[nH]c3cccc(C(F)(F)F)c3c2=O)c(C(F)(F)F)c1. The van der Waals surface area contributed by atoms with Crippen molar-refractivity contribution >= 4 is 22.5 Å². The molecule has 0 saturated heterocycles. The molecule has 186 valence electrons. The molecule has 1 aromatic heterocycles. The van der Waals surface area contributed by atoms with Gasteiger partial charge >= 0.3 is 12.4 Å². The highest BCUT2D eigenvalue weighted by atomic mass is 19.4. The van der Waals surface area contributed by atoms with E-state index in [1.54, 1.807) is 0 Å². The number of hydrogen-bond acceptors (Lipinski definition) is 2. The number of benzene rings is 2. The van der Waals surface area contributed by atoms with Gasteiger partial charge in [0.25, 0.3) is 5.91 Å². The number of carbonyl (C=O) groups excluding carboxylic acids is 1. The summed E-state index contributed by atoms with van der Waals surface area (Å²) in [6.07, 6.45) is -5.29. The van der Waals surface area contributed by atoms with Gasteiger partial charge in [-0.1, -0.05) is 31.9 Å². The van der Waals surface area contributed by atoms with Crippen LogP contribution in [0.5, 0.6) is 0 Å². The molecule has 1 heterocycles. The average Bonchev–Trinajstić information content (AvgIpc) is 3.27. The third-order valence-corrected chi connectivity index (χ3v) is 6.67. The lowest BCUT2D eigenvalue weighted by molar-refractivity contribution is -0.137. The van der Waals surface area contributed by atoms with Crippen LogP contribution in [0.4, 0.5) is 32.0 Å². The van der Waals surface area contributed by atoms with Crippen molar-refractivity contribution in [2.45, 2.75) is 50.9 Å². The molecule has 0 aliphatic heterocycles. The van der Waals surface area contributed by atoms with Crippen molar-refractivity contribution in [1.29, 1.82) is 0 Å². The number of aromatic amines is 1. The second-order valence-electron chi connectivity index (χ2n) is 8.72. The monoisotopic (exact) mass is 496 g/mol. The Morgan fingerprint density at radius 1 is 1.03 bits per heavy atom. The van der Waals surface area contributed by atoms with Gasteiger partial charge < -0.3 is 10.3 Å². The fourth-order valence-corrected chi connectivity index (χ4v) is 4.96. The number of carbonyl (C=O) groups is 1. The highest BCUT2D eigenvalue weighted by Crippen LogP contribution is 2.44. The molecule has 35 heavy (non-hydrogen) atoms. The maximum atomic E-state index is 13.9. The zero-order valence-electron chi connectivity index (χ0n) is 18.6. The summed E-state index contributed by atoms with van der Waals surface area (Å²) in [4.78, 5) is 28.0. The van der Waals surface area contributed by atoms with E-state index in [2.05, 4.69) is 10.3 Å². The van der Waals surface area contributed by atoms with E-state index in [1.807, 2.05) is 6.92 Å². The van der Waals surface area contributed by atoms with E-state index in [0.29, 0.717) is 11.6 Å². The number of rotatable bonds is 4. The molecular weight excluding hydrogens is 474 g/mol. The van der Waals surface area contributed by atoms with Crippen LogP contribution in [0.1, 0.15) is 65.6 Å². The maximum absolute atomic E-state index is 13.9. The number of alkyl halides is 6. The molecule has 1 amide bonds. The topological polar surface area (TPSA) is 62.0 Å². The number of amides is 1. The summed E-state index contributed by atoms with van der Waals surface area (Å²) in [6, 6.07) is 6.71. The lowest BCUT2D eigenvalue weighted by atomic mass is 9.86. The fourth-order valence-electron chi connectivity index (χ4n) is 4.96. The minimum Gasteiger partial charge on any atom is -0.360 e. The Morgan fingerprint density at radius 3 is 2.40 bits per heavy atom. The molecule has 2 aromatic carbocycles. The van der Waals surface area contributed by atoms with Crippen LogP contribution in [-0.2, 0) is 12.4 Å². The highest BCUT2D eigenvalue weighted by Gasteiger charge is 2.37. The van der Waals surface area contributed by atoms with Gasteiger partial charge in [-0.15, -0.1) is 0 Å². The van der Waals surface area contributed by atoms with E-state index in [0.717, 1.165) is 50.1 Å². The van der Waals surface area contributed by atoms with Gasteiger partial charge in [-0.05, 0) is 54.5 Å². The Hall–Kier alpha value is -3.30. The maximum Gasteiger partial charge on any atom is 0.418 e. The van der Waals surface area contributed by atoms with Crippen LogP contribution in [0.15, 0.2) is 47.4 Å². The summed E-state index contributed by atoms with van der Waals surface area (Å²) >= 11 is 0. The van der Waals surface area contributed by atoms with Gasteiger partial charge in [-0.2, -0.15) is 26.3 Å². The van der Waals surface area contributed by atoms with Gasteiger partial charge in [0.2, 0.25) is 5.43 Å². The molecule has 10 heteroatoms. The minimum atomic E-state index is -4.86. The molecule has 0 bridgehead atoms. The first-order valence-electron chi connectivity index (χ1n) is 11.2. The van der Waals surface area contributed by atoms with Crippen molar-refractivity contribution < 1.29 is 31.1 Å². The standard InChI is InChI=1S/C25H22F6N2O2/c1-2-13-5-3-6-15(13)14-9-10-19(18(11-14)25(29,30)31)33-23(35)16-12-32-20-8-4-7-17(24(26,27)28)21(20)22(16)34/h4,7-13,15H,2-3,5-6H2,1H3,(H,32,34)(H,33,35). The van der Waals surface area contributed by atoms with E-state index < -0.39 is 51.5 Å². The first-order chi connectivity index (χ1) is 16.4. The molecule has 1 saturated carbocycles. The zero-order chi connectivity index (χ0) is 25.5. The predicted octanol–water partition coefficient (Wildman–Crippen LogP) is 7.11. The second kappa shape index (κ2) is 9.05. The Labute approximate surface area is 196 Å². The average molecular weight is 496 g/mol. The molecule has 1 fully saturated rings. The molecule has 0 radical (unpaired) electrons. The van der Waals surface area contributed by atoms with Crippen LogP contribution in [-0.4, -0.2) is 10.9 Å². The summed E-state index contributed by atoms with van der Waals surface area (Å²) in [5.41, 5.74) is -4.46. The summed E-state index contributed by atoms with van der Waals surface area (Å²) in [7, 11) is 0. The number of hydrogen-bond donors (Lipinski definition) is 2. The third kappa shape index (κ3) is 4.78. The van der Waals surface area contributed by atoms with E-state index in [9.17, 15) is 35.9 Å². The molecule has 4 rings (SSSR count). The predicted molar refractivity (Wildman–Crippen MR) is 119 cm³/mol. The van der Waals surface area contributed by atoms with E-state index in [1.165, 1.54) is 12.1 Å². The van der Waals surface area contributed by atoms with Crippen LogP contribution in [0.3, 0.4) is 0 Å². The van der Waals surface area contributed by atoms with Crippen LogP contribution in [0.2, 0.25) is 0 Å². The van der Waals surface area contributed by atoms with Gasteiger partial charge in [-0.3, -0.25) is 9.59 Å². The molecule has 2 N–H and O–H groups in total. The number of pyridine rings is 1. The molecule has 2 unspecified atom stereocenters. The van der Waals surface area contributed by atoms with Crippen molar-refractivity contribution in [2.75, 3.05) is 5.32 Å². The third-order valence-electron chi connectivity index (χ3n) is 6.67. The van der Waals surface area contributed by atoms with Crippen molar-refractivity contribution in [3.05, 3.63) is 75.1 Å². The van der Waals surface area contributed by atoms with E-state index >= 15 is 0 Å². The van der Waals surface area contributed by atoms with E-state index in [4.69, 9.17) is 0 Å². The molecular formula is C25H22F6N2O2. The van der Waals surface area contributed by atoms with Crippen LogP contribution >= 0.6 is 0 Å². The summed E-state index contributed by atoms with van der Waals surface area (Å²) in [6.45, 7) is 1.99. The zero-order valence-corrected chi connectivity index (χ0v) is 18.6. The Balaban J connectivity index is 1.73. The van der Waals surface area contributed by atoms with E-state index in [-0.39, 0.29) is 17.4 Å². The summed E-state index contributed by atoms with van der Waals surface area (Å²) < 4.78 is 81.8. The van der Waals surface area contributed by atoms with Gasteiger partial charge in [0, 0.05) is 11.7 Å². The highest BCUT2D eigenvalue weighted by molar-refractivity contribution is 6.06. The largest absolute Gasteiger partial charge is 0.418 e. The van der Waals surface area contributed by atoms with Crippen molar-refractivity contribution in [1.82, 2.24) is 4.98 Å². The van der Waals surface area contributed by atoms with Crippen LogP contribution in [0.25, 0.3) is 10.9 Å². The Bertz CT molecular complexity index is 1330. The molecule has 1 aliphatic rings. The van der Waals surface area contributed by atoms with Crippen molar-refractivity contribution in [3.63, 3.8) is 0 Å².